The Morgan fingerprint density at radius 3 is 1.59 bits per heavy atom. The van der Waals surface area contributed by atoms with E-state index in [0.717, 1.165) is 5.75 Å². The maximum absolute atomic E-state index is 12.4. The molecule has 0 N–H and O–H groups in total. The van der Waals surface area contributed by atoms with Crippen molar-refractivity contribution in [1.82, 2.24) is 0 Å². The van der Waals surface area contributed by atoms with Gasteiger partial charge in [0.2, 0.25) is 0 Å². The van der Waals surface area contributed by atoms with E-state index in [1.807, 2.05) is 27.7 Å². The summed E-state index contributed by atoms with van der Waals surface area (Å²) in [5.41, 5.74) is 0. The van der Waals surface area contributed by atoms with Gasteiger partial charge >= 0.3 is 6.80 Å². The van der Waals surface area contributed by atoms with E-state index in [-0.39, 0.29) is 0 Å². The van der Waals surface area contributed by atoms with Gasteiger partial charge in [0.15, 0.2) is 0 Å². The molecular formula is C12H27O3PS. The second-order valence-corrected chi connectivity index (χ2v) is 9.63. The maximum Gasteiger partial charge on any atom is 0.389 e. The quantitative estimate of drug-likeness (QED) is 0.567. The Balaban J connectivity index is 4.29. The van der Waals surface area contributed by atoms with Crippen molar-refractivity contribution in [2.45, 2.75) is 41.5 Å². The lowest BCUT2D eigenvalue weighted by Gasteiger charge is -2.20. The Hall–Kier alpha value is 0.500. The van der Waals surface area contributed by atoms with Gasteiger partial charge in [-0.1, -0.05) is 41.5 Å². The van der Waals surface area contributed by atoms with E-state index in [1.54, 1.807) is 0 Å². The van der Waals surface area contributed by atoms with Gasteiger partial charge in [0.1, 0.15) is 0 Å². The summed E-state index contributed by atoms with van der Waals surface area (Å²) in [4.78, 5) is 0. The minimum absolute atomic E-state index is 0.366. The predicted molar refractivity (Wildman–Crippen MR) is 76.5 cm³/mol. The number of rotatable bonds is 9. The van der Waals surface area contributed by atoms with Crippen LogP contribution in [-0.4, -0.2) is 19.0 Å². The Labute approximate surface area is 110 Å². The first-order valence-electron chi connectivity index (χ1n) is 6.29. The zero-order chi connectivity index (χ0) is 13.5. The Morgan fingerprint density at radius 2 is 1.29 bits per heavy atom. The summed E-state index contributed by atoms with van der Waals surface area (Å²) in [6.45, 7) is 10.4. The molecule has 0 saturated heterocycles. The van der Waals surface area contributed by atoms with Crippen molar-refractivity contribution in [2.75, 3.05) is 19.0 Å². The largest absolute Gasteiger partial charge is 0.389 e. The van der Waals surface area contributed by atoms with Crippen molar-refractivity contribution in [3.8, 4) is 0 Å². The van der Waals surface area contributed by atoms with Crippen molar-refractivity contribution < 1.29 is 13.6 Å². The highest BCUT2D eigenvalue weighted by Gasteiger charge is 2.26. The van der Waals surface area contributed by atoms with Crippen molar-refractivity contribution in [1.29, 1.82) is 0 Å². The van der Waals surface area contributed by atoms with Crippen LogP contribution in [0.25, 0.3) is 0 Å². The fourth-order valence-corrected chi connectivity index (χ4v) is 4.75. The molecule has 3 nitrogen and oxygen atoms in total. The monoisotopic (exact) mass is 282 g/mol. The molecule has 0 aliphatic rings. The number of hydrogen-bond acceptors (Lipinski definition) is 4. The maximum atomic E-state index is 12.4. The highest BCUT2D eigenvalue weighted by molar-refractivity contribution is 8.55. The summed E-state index contributed by atoms with van der Waals surface area (Å²) >= 11 is 1.33. The predicted octanol–water partition coefficient (Wildman–Crippen LogP) is 4.83. The van der Waals surface area contributed by atoms with Gasteiger partial charge in [-0.3, -0.25) is 0 Å². The summed E-state index contributed by atoms with van der Waals surface area (Å²) in [7, 11) is 0. The average Bonchev–Trinajstić information content (AvgIpc) is 2.21. The summed E-state index contributed by atoms with van der Waals surface area (Å²) in [5, 5.41) is 0. The van der Waals surface area contributed by atoms with Gasteiger partial charge in [-0.15, -0.1) is 0 Å². The van der Waals surface area contributed by atoms with Crippen molar-refractivity contribution in [2.24, 2.45) is 17.8 Å². The van der Waals surface area contributed by atoms with Gasteiger partial charge in [-0.2, -0.15) is 0 Å². The molecule has 0 radical (unpaired) electrons. The van der Waals surface area contributed by atoms with Crippen LogP contribution in [0, 0.1) is 17.8 Å². The van der Waals surface area contributed by atoms with Gasteiger partial charge in [0.25, 0.3) is 0 Å². The molecule has 0 aliphatic heterocycles. The molecule has 0 aromatic carbocycles. The van der Waals surface area contributed by atoms with Gasteiger partial charge in [0.05, 0.1) is 13.2 Å². The van der Waals surface area contributed by atoms with E-state index in [1.165, 1.54) is 11.4 Å². The molecule has 0 amide bonds. The molecule has 0 saturated carbocycles. The zero-order valence-corrected chi connectivity index (χ0v) is 13.6. The Bertz CT molecular complexity index is 204. The fraction of sp³-hybridized carbons (Fsp3) is 1.00. The Kier molecular flexibility index (Phi) is 8.83. The minimum Gasteiger partial charge on any atom is -0.300 e. The van der Waals surface area contributed by atoms with Crippen LogP contribution in [0.3, 0.4) is 0 Å². The topological polar surface area (TPSA) is 35.5 Å². The first-order valence-corrected chi connectivity index (χ1v) is 9.42. The molecule has 0 rings (SSSR count). The van der Waals surface area contributed by atoms with Crippen molar-refractivity contribution in [3.63, 3.8) is 0 Å². The van der Waals surface area contributed by atoms with Gasteiger partial charge in [-0.25, -0.2) is 4.57 Å². The third-order valence-corrected chi connectivity index (χ3v) is 5.79. The van der Waals surface area contributed by atoms with Crippen molar-refractivity contribution in [3.05, 3.63) is 0 Å². The molecule has 104 valence electrons. The second-order valence-electron chi connectivity index (χ2n) is 5.52. The molecule has 0 atom stereocenters. The van der Waals surface area contributed by atoms with Crippen LogP contribution in [0.4, 0.5) is 0 Å². The second kappa shape index (κ2) is 8.58. The van der Waals surface area contributed by atoms with E-state index in [2.05, 4.69) is 13.8 Å². The standard InChI is InChI=1S/C12H27O3PS/c1-10(2)7-14-16(13,15-8-11(3)4)17-9-12(5)6/h10-12H,7-9H2,1-6H3. The van der Waals surface area contributed by atoms with Gasteiger partial charge < -0.3 is 9.05 Å². The minimum atomic E-state index is -2.96. The molecule has 17 heavy (non-hydrogen) atoms. The Morgan fingerprint density at radius 1 is 0.882 bits per heavy atom. The highest BCUT2D eigenvalue weighted by atomic mass is 32.7. The molecular weight excluding hydrogens is 255 g/mol. The molecule has 0 heterocycles. The smallest absolute Gasteiger partial charge is 0.300 e. The molecule has 0 aliphatic carbocycles. The van der Waals surface area contributed by atoms with Crippen LogP contribution in [0.5, 0.6) is 0 Å². The van der Waals surface area contributed by atoms with E-state index >= 15 is 0 Å². The summed E-state index contributed by atoms with van der Waals surface area (Å²) in [6, 6.07) is 0. The summed E-state index contributed by atoms with van der Waals surface area (Å²) < 4.78 is 23.4. The fourth-order valence-electron chi connectivity index (χ4n) is 0.833. The normalized spacial score (nSPS) is 13.0. The average molecular weight is 282 g/mol. The van der Waals surface area contributed by atoms with Crippen LogP contribution in [0.1, 0.15) is 41.5 Å². The van der Waals surface area contributed by atoms with E-state index in [9.17, 15) is 4.57 Å². The van der Waals surface area contributed by atoms with Crippen LogP contribution in [0.2, 0.25) is 0 Å². The zero-order valence-electron chi connectivity index (χ0n) is 11.9. The van der Waals surface area contributed by atoms with E-state index in [4.69, 9.17) is 9.05 Å². The summed E-state index contributed by atoms with van der Waals surface area (Å²) in [5.74, 6) is 2.02. The van der Waals surface area contributed by atoms with Crippen LogP contribution >= 0.6 is 18.2 Å². The first-order chi connectivity index (χ1) is 7.75. The van der Waals surface area contributed by atoms with Crippen molar-refractivity contribution >= 4 is 18.2 Å². The molecule has 0 aromatic rings. The molecule has 5 heteroatoms. The van der Waals surface area contributed by atoms with Gasteiger partial charge in [0, 0.05) is 5.75 Å². The lowest BCUT2D eigenvalue weighted by molar-refractivity contribution is 0.186. The van der Waals surface area contributed by atoms with Gasteiger partial charge in [-0.05, 0) is 29.1 Å². The van der Waals surface area contributed by atoms with E-state index in [0.29, 0.717) is 31.0 Å². The number of hydrogen-bond donors (Lipinski definition) is 0. The van der Waals surface area contributed by atoms with Crippen LogP contribution < -0.4 is 0 Å². The lowest BCUT2D eigenvalue weighted by Crippen LogP contribution is -2.05. The SMILES string of the molecule is CC(C)COP(=O)(OCC(C)C)SCC(C)C. The molecule has 0 unspecified atom stereocenters. The lowest BCUT2D eigenvalue weighted by atomic mass is 10.2. The first kappa shape index (κ1) is 17.5. The molecule has 0 fully saturated rings. The summed E-state index contributed by atoms with van der Waals surface area (Å²) in [6.07, 6.45) is 0. The highest BCUT2D eigenvalue weighted by Crippen LogP contribution is 2.61. The molecule has 0 bridgehead atoms. The van der Waals surface area contributed by atoms with Crippen LogP contribution in [-0.2, 0) is 13.6 Å². The third kappa shape index (κ3) is 10.1. The van der Waals surface area contributed by atoms with E-state index < -0.39 is 6.80 Å². The molecule has 0 spiro atoms. The molecule has 0 aromatic heterocycles. The van der Waals surface area contributed by atoms with Crippen LogP contribution in [0.15, 0.2) is 0 Å². The third-order valence-electron chi connectivity index (χ3n) is 1.70.